The molecule has 4 nitrogen and oxygen atoms in total. The Balaban J connectivity index is 1.61. The molecular weight excluding hydrogens is 272 g/mol. The highest BCUT2D eigenvalue weighted by Gasteiger charge is 2.43. The SMILES string of the molecule is CCO[C@@H]1CO[C@@]2(CCCN(Cc3scnc3C)C2)C1. The van der Waals surface area contributed by atoms with E-state index in [1.54, 1.807) is 11.3 Å². The average Bonchev–Trinajstić information content (AvgIpc) is 2.99. The number of likely N-dealkylation sites (tertiary alicyclic amines) is 1. The number of piperidine rings is 1. The molecule has 1 aromatic heterocycles. The molecule has 2 atom stereocenters. The second kappa shape index (κ2) is 6.10. The van der Waals surface area contributed by atoms with E-state index in [1.165, 1.54) is 30.0 Å². The summed E-state index contributed by atoms with van der Waals surface area (Å²) in [5, 5.41) is 0. The molecular formula is C15H24N2O2S. The molecule has 1 aromatic rings. The fraction of sp³-hybridized carbons (Fsp3) is 0.800. The molecule has 0 amide bonds. The average molecular weight is 296 g/mol. The molecule has 2 aliphatic heterocycles. The molecule has 0 bridgehead atoms. The second-order valence-corrected chi connectivity index (χ2v) is 6.89. The molecule has 1 spiro atoms. The summed E-state index contributed by atoms with van der Waals surface area (Å²) < 4.78 is 11.9. The van der Waals surface area contributed by atoms with Gasteiger partial charge in [-0.1, -0.05) is 0 Å². The van der Waals surface area contributed by atoms with Crippen LogP contribution in [-0.4, -0.2) is 47.9 Å². The first-order valence-corrected chi connectivity index (χ1v) is 8.45. The summed E-state index contributed by atoms with van der Waals surface area (Å²) >= 11 is 1.76. The Morgan fingerprint density at radius 1 is 1.60 bits per heavy atom. The lowest BCUT2D eigenvalue weighted by Gasteiger charge is -2.39. The van der Waals surface area contributed by atoms with Crippen molar-refractivity contribution in [3.63, 3.8) is 0 Å². The molecule has 2 fully saturated rings. The van der Waals surface area contributed by atoms with Gasteiger partial charge in [0, 0.05) is 31.0 Å². The molecule has 0 aromatic carbocycles. The molecule has 0 radical (unpaired) electrons. The molecule has 0 aliphatic carbocycles. The van der Waals surface area contributed by atoms with Crippen LogP contribution in [-0.2, 0) is 16.0 Å². The summed E-state index contributed by atoms with van der Waals surface area (Å²) in [6.07, 6.45) is 3.75. The lowest BCUT2D eigenvalue weighted by molar-refractivity contribution is -0.0544. The number of ether oxygens (including phenoxy) is 2. The van der Waals surface area contributed by atoms with Crippen LogP contribution in [0.25, 0.3) is 0 Å². The number of hydrogen-bond acceptors (Lipinski definition) is 5. The third kappa shape index (κ3) is 3.06. The van der Waals surface area contributed by atoms with E-state index >= 15 is 0 Å². The van der Waals surface area contributed by atoms with Gasteiger partial charge >= 0.3 is 0 Å². The quantitative estimate of drug-likeness (QED) is 0.855. The second-order valence-electron chi connectivity index (χ2n) is 5.95. The van der Waals surface area contributed by atoms with Crippen LogP contribution in [0.2, 0.25) is 0 Å². The van der Waals surface area contributed by atoms with Gasteiger partial charge in [0.15, 0.2) is 0 Å². The van der Waals surface area contributed by atoms with E-state index in [9.17, 15) is 0 Å². The number of hydrogen-bond donors (Lipinski definition) is 0. The minimum atomic E-state index is 0.0384. The molecule has 0 unspecified atom stereocenters. The molecule has 5 heteroatoms. The van der Waals surface area contributed by atoms with Crippen LogP contribution in [0, 0.1) is 6.92 Å². The van der Waals surface area contributed by atoms with E-state index in [-0.39, 0.29) is 5.60 Å². The van der Waals surface area contributed by atoms with Crippen molar-refractivity contribution in [3.8, 4) is 0 Å². The first-order chi connectivity index (χ1) is 9.71. The van der Waals surface area contributed by atoms with Crippen molar-refractivity contribution in [3.05, 3.63) is 16.1 Å². The van der Waals surface area contributed by atoms with Crippen LogP contribution in [0.1, 0.15) is 36.8 Å². The van der Waals surface area contributed by atoms with Crippen LogP contribution >= 0.6 is 11.3 Å². The molecule has 0 saturated carbocycles. The van der Waals surface area contributed by atoms with Gasteiger partial charge in [-0.3, -0.25) is 4.90 Å². The van der Waals surface area contributed by atoms with Crippen LogP contribution in [0.5, 0.6) is 0 Å². The summed E-state index contributed by atoms with van der Waals surface area (Å²) in [6, 6.07) is 0. The minimum absolute atomic E-state index is 0.0384. The summed E-state index contributed by atoms with van der Waals surface area (Å²) in [4.78, 5) is 8.26. The Bertz CT molecular complexity index is 451. The van der Waals surface area contributed by atoms with E-state index in [0.29, 0.717) is 6.10 Å². The Morgan fingerprint density at radius 3 is 3.25 bits per heavy atom. The third-order valence-electron chi connectivity index (χ3n) is 4.41. The summed E-state index contributed by atoms with van der Waals surface area (Å²) in [6.45, 7) is 8.93. The first-order valence-electron chi connectivity index (χ1n) is 7.58. The van der Waals surface area contributed by atoms with Gasteiger partial charge in [0.25, 0.3) is 0 Å². The predicted molar refractivity (Wildman–Crippen MR) is 80.1 cm³/mol. The molecule has 2 saturated heterocycles. The molecule has 2 aliphatic rings. The number of rotatable bonds is 4. The first kappa shape index (κ1) is 14.4. The van der Waals surface area contributed by atoms with Gasteiger partial charge in [-0.25, -0.2) is 4.98 Å². The van der Waals surface area contributed by atoms with Crippen molar-refractivity contribution < 1.29 is 9.47 Å². The maximum atomic E-state index is 6.15. The normalized spacial score (nSPS) is 31.2. The lowest BCUT2D eigenvalue weighted by Crippen LogP contribution is -2.47. The summed E-state index contributed by atoms with van der Waals surface area (Å²) in [5.74, 6) is 0. The van der Waals surface area contributed by atoms with Crippen molar-refractivity contribution in [2.45, 2.75) is 51.4 Å². The third-order valence-corrected chi connectivity index (χ3v) is 5.33. The molecule has 112 valence electrons. The predicted octanol–water partition coefficient (Wildman–Crippen LogP) is 2.61. The smallest absolute Gasteiger partial charge is 0.0836 e. The highest BCUT2D eigenvalue weighted by Crippen LogP contribution is 2.36. The zero-order valence-corrected chi connectivity index (χ0v) is 13.2. The van der Waals surface area contributed by atoms with Crippen LogP contribution < -0.4 is 0 Å². The van der Waals surface area contributed by atoms with E-state index in [0.717, 1.165) is 32.7 Å². The standard InChI is InChI=1S/C15H24N2O2S/c1-3-18-13-7-15(19-9-13)5-4-6-17(10-15)8-14-12(2)16-11-20-14/h11,13H,3-10H2,1-2H3/t13-,15-/m0/s1. The van der Waals surface area contributed by atoms with Gasteiger partial charge in [0.2, 0.25) is 0 Å². The maximum Gasteiger partial charge on any atom is 0.0836 e. The number of aryl methyl sites for hydroxylation is 1. The van der Waals surface area contributed by atoms with Crippen LogP contribution in [0.3, 0.4) is 0 Å². The maximum absolute atomic E-state index is 6.15. The van der Waals surface area contributed by atoms with E-state index in [2.05, 4.69) is 23.7 Å². The number of aromatic nitrogens is 1. The van der Waals surface area contributed by atoms with Gasteiger partial charge in [-0.05, 0) is 33.2 Å². The Hall–Kier alpha value is -0.490. The van der Waals surface area contributed by atoms with Crippen molar-refractivity contribution in [1.29, 1.82) is 0 Å². The highest BCUT2D eigenvalue weighted by atomic mass is 32.1. The van der Waals surface area contributed by atoms with Crippen molar-refractivity contribution in [2.75, 3.05) is 26.3 Å². The number of thiazole rings is 1. The van der Waals surface area contributed by atoms with Gasteiger partial charge in [0.05, 0.1) is 29.5 Å². The molecule has 20 heavy (non-hydrogen) atoms. The minimum Gasteiger partial charge on any atom is -0.376 e. The van der Waals surface area contributed by atoms with Crippen molar-refractivity contribution >= 4 is 11.3 Å². The zero-order valence-electron chi connectivity index (χ0n) is 12.4. The Morgan fingerprint density at radius 2 is 2.50 bits per heavy atom. The Labute approximate surface area is 125 Å². The molecule has 3 rings (SSSR count). The van der Waals surface area contributed by atoms with Gasteiger partial charge < -0.3 is 9.47 Å². The van der Waals surface area contributed by atoms with E-state index in [4.69, 9.17) is 9.47 Å². The highest BCUT2D eigenvalue weighted by molar-refractivity contribution is 7.09. The van der Waals surface area contributed by atoms with Gasteiger partial charge in [-0.15, -0.1) is 11.3 Å². The largest absolute Gasteiger partial charge is 0.376 e. The molecule has 3 heterocycles. The van der Waals surface area contributed by atoms with E-state index < -0.39 is 0 Å². The fourth-order valence-corrected chi connectivity index (χ4v) is 4.25. The summed E-state index contributed by atoms with van der Waals surface area (Å²) in [7, 11) is 0. The Kier molecular flexibility index (Phi) is 4.40. The zero-order chi connectivity index (χ0) is 14.0. The van der Waals surface area contributed by atoms with Crippen molar-refractivity contribution in [1.82, 2.24) is 9.88 Å². The van der Waals surface area contributed by atoms with Crippen molar-refractivity contribution in [2.24, 2.45) is 0 Å². The molecule has 0 N–H and O–H groups in total. The topological polar surface area (TPSA) is 34.6 Å². The number of nitrogens with zero attached hydrogens (tertiary/aromatic N) is 2. The van der Waals surface area contributed by atoms with Gasteiger partial charge in [-0.2, -0.15) is 0 Å². The lowest BCUT2D eigenvalue weighted by atomic mass is 9.89. The monoisotopic (exact) mass is 296 g/mol. The fourth-order valence-electron chi connectivity index (χ4n) is 3.44. The van der Waals surface area contributed by atoms with Crippen LogP contribution in [0.4, 0.5) is 0 Å². The van der Waals surface area contributed by atoms with Crippen LogP contribution in [0.15, 0.2) is 5.51 Å². The summed E-state index contributed by atoms with van der Waals surface area (Å²) in [5.41, 5.74) is 3.16. The van der Waals surface area contributed by atoms with E-state index in [1.807, 2.05) is 5.51 Å². The van der Waals surface area contributed by atoms with Gasteiger partial charge in [0.1, 0.15) is 0 Å².